The van der Waals surface area contributed by atoms with Crippen LogP contribution >= 0.6 is 0 Å². The average Bonchev–Trinajstić information content (AvgIpc) is 2.50. The molecule has 4 saturated carbocycles. The summed E-state index contributed by atoms with van der Waals surface area (Å²) >= 11 is 0. The van der Waals surface area contributed by atoms with Gasteiger partial charge < -0.3 is 19.1 Å². The highest BCUT2D eigenvalue weighted by Gasteiger charge is 2.72. The summed E-state index contributed by atoms with van der Waals surface area (Å²) in [6.07, 6.45) is 7.44. The zero-order valence-electron chi connectivity index (χ0n) is 20.5. The number of hydrogen-bond donors (Lipinski definition) is 0. The number of amides is 1. The van der Waals surface area contributed by atoms with Crippen LogP contribution in [0.4, 0.5) is 0 Å². The fourth-order valence-electron chi connectivity index (χ4n) is 5.25. The maximum atomic E-state index is 13.0. The third-order valence-electron chi connectivity index (χ3n) is 6.91. The van der Waals surface area contributed by atoms with Crippen molar-refractivity contribution in [1.82, 2.24) is 4.90 Å². The summed E-state index contributed by atoms with van der Waals surface area (Å²) in [4.78, 5) is 15.1. The normalized spacial score (nSPS) is 32.8. The monoisotopic (exact) mass is 423 g/mol. The van der Waals surface area contributed by atoms with Crippen LogP contribution in [0.2, 0.25) is 0 Å². The van der Waals surface area contributed by atoms with Gasteiger partial charge in [0.05, 0.1) is 30.3 Å². The molecule has 0 radical (unpaired) electrons. The molecule has 30 heavy (non-hydrogen) atoms. The van der Waals surface area contributed by atoms with Crippen LogP contribution < -0.4 is 0 Å². The fraction of sp³-hybridized carbons (Fsp3) is 0.960. The Morgan fingerprint density at radius 1 is 1.00 bits per heavy atom. The van der Waals surface area contributed by atoms with E-state index < -0.39 is 0 Å². The number of unbranched alkanes of at least 4 members (excludes halogenated alkanes) is 1. The predicted octanol–water partition coefficient (Wildman–Crippen LogP) is 4.82. The minimum absolute atomic E-state index is 0.0550. The first-order valence-corrected chi connectivity index (χ1v) is 11.9. The number of hydrogen-bond acceptors (Lipinski definition) is 4. The minimum Gasteiger partial charge on any atom is -0.381 e. The third kappa shape index (κ3) is 5.77. The summed E-state index contributed by atoms with van der Waals surface area (Å²) in [7, 11) is 2.00. The summed E-state index contributed by atoms with van der Waals surface area (Å²) in [5.41, 5.74) is 0.363. The van der Waals surface area contributed by atoms with Crippen molar-refractivity contribution in [3.8, 4) is 0 Å². The molecule has 0 atom stereocenters. The van der Waals surface area contributed by atoms with Gasteiger partial charge in [0.2, 0.25) is 5.91 Å². The van der Waals surface area contributed by atoms with E-state index in [4.69, 9.17) is 14.2 Å². The molecule has 5 nitrogen and oxygen atoms in total. The largest absolute Gasteiger partial charge is 0.381 e. The highest BCUT2D eigenvalue weighted by Crippen LogP contribution is 2.74. The molecule has 0 N–H and O–H groups in total. The summed E-state index contributed by atoms with van der Waals surface area (Å²) in [6, 6.07) is 0.360. The molecule has 0 saturated heterocycles. The molecule has 0 unspecified atom stereocenters. The van der Waals surface area contributed by atoms with Crippen molar-refractivity contribution >= 4 is 5.91 Å². The number of carbonyl (C=O) groups excluding carboxylic acids is 1. The SMILES string of the molecule is CN(C(=O)C12CC(COCCCCOC(C)(C)C)(C1)C2)C1CC(OCC(C)(C)C)C1. The highest BCUT2D eigenvalue weighted by atomic mass is 16.5. The quantitative estimate of drug-likeness (QED) is 0.447. The molecule has 0 aliphatic heterocycles. The maximum Gasteiger partial charge on any atom is 0.228 e. The van der Waals surface area contributed by atoms with Gasteiger partial charge in [-0.3, -0.25) is 4.79 Å². The van der Waals surface area contributed by atoms with Gasteiger partial charge in [-0.15, -0.1) is 0 Å². The average molecular weight is 424 g/mol. The Kier molecular flexibility index (Phi) is 6.97. The lowest BCUT2D eigenvalue weighted by atomic mass is 9.35. The number of ether oxygens (including phenoxy) is 3. The highest BCUT2D eigenvalue weighted by molar-refractivity contribution is 5.86. The van der Waals surface area contributed by atoms with Gasteiger partial charge in [-0.25, -0.2) is 0 Å². The van der Waals surface area contributed by atoms with Crippen molar-refractivity contribution in [3.05, 3.63) is 0 Å². The Balaban J connectivity index is 1.26. The summed E-state index contributed by atoms with van der Waals surface area (Å²) in [6.45, 7) is 16.1. The fourth-order valence-corrected chi connectivity index (χ4v) is 5.25. The maximum absolute atomic E-state index is 13.0. The summed E-state index contributed by atoms with van der Waals surface area (Å²) in [5, 5.41) is 0. The lowest BCUT2D eigenvalue weighted by Gasteiger charge is -2.70. The van der Waals surface area contributed by atoms with E-state index in [1.165, 1.54) is 0 Å². The van der Waals surface area contributed by atoms with Gasteiger partial charge in [0.25, 0.3) is 0 Å². The van der Waals surface area contributed by atoms with Crippen LogP contribution in [0.1, 0.15) is 86.5 Å². The van der Waals surface area contributed by atoms with Crippen LogP contribution in [0.15, 0.2) is 0 Å². The first-order valence-electron chi connectivity index (χ1n) is 11.9. The van der Waals surface area contributed by atoms with Crippen LogP contribution in [0.5, 0.6) is 0 Å². The van der Waals surface area contributed by atoms with Crippen LogP contribution in [-0.2, 0) is 19.0 Å². The van der Waals surface area contributed by atoms with E-state index in [9.17, 15) is 4.79 Å². The molecular weight excluding hydrogens is 378 g/mol. The van der Waals surface area contributed by atoms with Gasteiger partial charge in [-0.05, 0) is 76.5 Å². The van der Waals surface area contributed by atoms with Crippen molar-refractivity contribution in [2.75, 3.05) is 33.5 Å². The van der Waals surface area contributed by atoms with Gasteiger partial charge in [0.1, 0.15) is 0 Å². The standard InChI is InChI=1S/C25H45NO4/c1-22(2,3)17-29-20-12-19(13-20)26(7)21(27)25-14-24(15-25,16-25)18-28-10-8-9-11-30-23(4,5)6/h19-20H,8-18H2,1-7H3. The lowest BCUT2D eigenvalue weighted by molar-refractivity contribution is -0.236. The van der Waals surface area contributed by atoms with Crippen LogP contribution in [0.3, 0.4) is 0 Å². The molecule has 0 spiro atoms. The minimum atomic E-state index is -0.0734. The first-order chi connectivity index (χ1) is 13.8. The van der Waals surface area contributed by atoms with Gasteiger partial charge in [-0.2, -0.15) is 0 Å². The van der Waals surface area contributed by atoms with E-state index in [2.05, 4.69) is 41.5 Å². The molecule has 0 aromatic heterocycles. The zero-order chi connectivity index (χ0) is 22.2. The molecule has 2 bridgehead atoms. The first kappa shape index (κ1) is 24.0. The molecular formula is C25H45NO4. The Hall–Kier alpha value is -0.650. The van der Waals surface area contributed by atoms with Crippen molar-refractivity contribution in [2.45, 2.75) is 104 Å². The molecule has 0 heterocycles. The summed E-state index contributed by atoms with van der Waals surface area (Å²) < 4.78 is 17.7. The molecule has 4 fully saturated rings. The summed E-state index contributed by atoms with van der Waals surface area (Å²) in [5.74, 6) is 0.364. The second kappa shape index (κ2) is 8.71. The molecule has 5 heteroatoms. The number of nitrogens with zero attached hydrogens (tertiary/aromatic N) is 1. The van der Waals surface area contributed by atoms with E-state index in [0.717, 1.165) is 71.4 Å². The van der Waals surface area contributed by atoms with Gasteiger partial charge in [-0.1, -0.05) is 20.8 Å². The van der Waals surface area contributed by atoms with E-state index >= 15 is 0 Å². The van der Waals surface area contributed by atoms with E-state index in [1.807, 2.05) is 11.9 Å². The van der Waals surface area contributed by atoms with Crippen LogP contribution in [0.25, 0.3) is 0 Å². The van der Waals surface area contributed by atoms with E-state index in [0.29, 0.717) is 18.1 Å². The van der Waals surface area contributed by atoms with Crippen molar-refractivity contribution in [3.63, 3.8) is 0 Å². The number of rotatable bonds is 11. The Bertz CT molecular complexity index is 577. The van der Waals surface area contributed by atoms with E-state index in [-0.39, 0.29) is 21.8 Å². The van der Waals surface area contributed by atoms with Crippen molar-refractivity contribution < 1.29 is 19.0 Å². The van der Waals surface area contributed by atoms with Crippen LogP contribution in [0, 0.1) is 16.2 Å². The lowest BCUT2D eigenvalue weighted by Crippen LogP contribution is -2.70. The molecule has 0 aromatic carbocycles. The molecule has 4 aliphatic carbocycles. The van der Waals surface area contributed by atoms with Crippen molar-refractivity contribution in [2.24, 2.45) is 16.2 Å². The Labute approximate surface area is 184 Å². The number of carbonyl (C=O) groups is 1. The second-order valence-corrected chi connectivity index (χ2v) is 12.6. The van der Waals surface area contributed by atoms with Crippen molar-refractivity contribution in [1.29, 1.82) is 0 Å². The van der Waals surface area contributed by atoms with Gasteiger partial charge in [0, 0.05) is 26.3 Å². The zero-order valence-corrected chi connectivity index (χ0v) is 20.5. The Morgan fingerprint density at radius 3 is 2.17 bits per heavy atom. The Morgan fingerprint density at radius 2 is 1.60 bits per heavy atom. The van der Waals surface area contributed by atoms with Crippen LogP contribution in [-0.4, -0.2) is 62.0 Å². The smallest absolute Gasteiger partial charge is 0.228 e. The van der Waals surface area contributed by atoms with E-state index in [1.54, 1.807) is 0 Å². The molecule has 4 aliphatic rings. The molecule has 174 valence electrons. The molecule has 4 rings (SSSR count). The topological polar surface area (TPSA) is 48.0 Å². The van der Waals surface area contributed by atoms with Gasteiger partial charge >= 0.3 is 0 Å². The third-order valence-corrected chi connectivity index (χ3v) is 6.91. The predicted molar refractivity (Wildman–Crippen MR) is 119 cm³/mol. The second-order valence-electron chi connectivity index (χ2n) is 12.6. The molecule has 1 amide bonds. The van der Waals surface area contributed by atoms with Gasteiger partial charge in [0.15, 0.2) is 0 Å². The molecule has 0 aromatic rings.